The largest absolute Gasteiger partial charge is 0.404 e. The van der Waals surface area contributed by atoms with E-state index < -0.39 is 0 Å². The lowest BCUT2D eigenvalue weighted by atomic mass is 10.2. The Labute approximate surface area is 104 Å². The summed E-state index contributed by atoms with van der Waals surface area (Å²) >= 11 is 0. The molecule has 0 atom stereocenters. The van der Waals surface area contributed by atoms with Crippen LogP contribution in [-0.2, 0) is 7.05 Å². The lowest BCUT2D eigenvalue weighted by Crippen LogP contribution is -2.16. The summed E-state index contributed by atoms with van der Waals surface area (Å²) in [4.78, 5) is 24.1. The van der Waals surface area contributed by atoms with Gasteiger partial charge in [-0.1, -0.05) is 0 Å². The molecule has 18 heavy (non-hydrogen) atoms. The summed E-state index contributed by atoms with van der Waals surface area (Å²) in [7, 11) is 3.32. The predicted octanol–water partition coefficient (Wildman–Crippen LogP) is 0.329. The van der Waals surface area contributed by atoms with E-state index in [2.05, 4.69) is 15.0 Å². The Bertz CT molecular complexity index is 699. The number of allylic oxidation sites excluding steroid dienone is 1. The Kier molecular flexibility index (Phi) is 3.18. The van der Waals surface area contributed by atoms with Gasteiger partial charge in [0.2, 0.25) is 0 Å². The molecular weight excluding hydrogens is 230 g/mol. The van der Waals surface area contributed by atoms with Crippen LogP contribution in [0, 0.1) is 0 Å². The number of aromatic nitrogens is 3. The van der Waals surface area contributed by atoms with Gasteiger partial charge in [-0.2, -0.15) is 0 Å². The highest BCUT2D eigenvalue weighted by Crippen LogP contribution is 2.10. The van der Waals surface area contributed by atoms with Gasteiger partial charge in [0.25, 0.3) is 5.56 Å². The summed E-state index contributed by atoms with van der Waals surface area (Å²) in [6.07, 6.45) is 6.13. The average Bonchev–Trinajstić information content (AvgIpc) is 2.40. The van der Waals surface area contributed by atoms with Crippen molar-refractivity contribution in [1.29, 1.82) is 0 Å². The van der Waals surface area contributed by atoms with Crippen molar-refractivity contribution in [2.24, 2.45) is 17.8 Å². The molecule has 2 rings (SSSR count). The van der Waals surface area contributed by atoms with E-state index in [0.717, 1.165) is 0 Å². The second-order valence-corrected chi connectivity index (χ2v) is 3.73. The summed E-state index contributed by atoms with van der Waals surface area (Å²) < 4.78 is 1.48. The van der Waals surface area contributed by atoms with Gasteiger partial charge in [0.05, 0.1) is 16.5 Å². The lowest BCUT2D eigenvalue weighted by Gasteiger charge is -2.03. The minimum absolute atomic E-state index is 0.124. The number of nitrogens with zero attached hydrogens (tertiary/aromatic N) is 4. The van der Waals surface area contributed by atoms with Crippen LogP contribution in [0.5, 0.6) is 0 Å². The third kappa shape index (κ3) is 2.00. The van der Waals surface area contributed by atoms with Crippen molar-refractivity contribution in [1.82, 2.24) is 14.5 Å². The fourth-order valence-corrected chi connectivity index (χ4v) is 1.58. The molecule has 0 saturated heterocycles. The summed E-state index contributed by atoms with van der Waals surface area (Å²) in [6, 6.07) is 1.76. The highest BCUT2D eigenvalue weighted by Gasteiger charge is 2.06. The maximum absolute atomic E-state index is 11.8. The van der Waals surface area contributed by atoms with Gasteiger partial charge in [-0.05, 0) is 6.07 Å². The van der Waals surface area contributed by atoms with Crippen LogP contribution in [0.2, 0.25) is 0 Å². The van der Waals surface area contributed by atoms with Crippen LogP contribution in [0.1, 0.15) is 5.82 Å². The Balaban J connectivity index is 2.66. The molecule has 2 aromatic heterocycles. The van der Waals surface area contributed by atoms with Gasteiger partial charge in [0.15, 0.2) is 5.82 Å². The van der Waals surface area contributed by atoms with Crippen molar-refractivity contribution in [2.75, 3.05) is 7.05 Å². The van der Waals surface area contributed by atoms with Crippen molar-refractivity contribution in [3.8, 4) is 0 Å². The fraction of sp³-hybridized carbons (Fsp3) is 0.167. The van der Waals surface area contributed by atoms with Gasteiger partial charge < -0.3 is 10.3 Å². The number of hydrogen-bond donors (Lipinski definition) is 1. The highest BCUT2D eigenvalue weighted by atomic mass is 16.1. The van der Waals surface area contributed by atoms with Crippen molar-refractivity contribution in [3.05, 3.63) is 40.8 Å². The first kappa shape index (κ1) is 12.0. The molecule has 0 aromatic carbocycles. The molecule has 0 aliphatic heterocycles. The number of rotatable bonds is 2. The first-order valence-corrected chi connectivity index (χ1v) is 5.34. The molecule has 92 valence electrons. The molecule has 0 amide bonds. The molecule has 0 saturated carbocycles. The van der Waals surface area contributed by atoms with Crippen LogP contribution >= 0.6 is 0 Å². The molecular formula is C12H13N5O. The zero-order valence-corrected chi connectivity index (χ0v) is 10.2. The third-order valence-corrected chi connectivity index (χ3v) is 2.53. The molecule has 6 heteroatoms. The zero-order chi connectivity index (χ0) is 13.1. The average molecular weight is 243 g/mol. The van der Waals surface area contributed by atoms with Crippen LogP contribution < -0.4 is 11.3 Å². The van der Waals surface area contributed by atoms with Gasteiger partial charge >= 0.3 is 0 Å². The van der Waals surface area contributed by atoms with E-state index in [1.165, 1.54) is 17.0 Å². The monoisotopic (exact) mass is 243 g/mol. The zero-order valence-electron chi connectivity index (χ0n) is 10.2. The van der Waals surface area contributed by atoms with Crippen molar-refractivity contribution < 1.29 is 0 Å². The van der Waals surface area contributed by atoms with E-state index in [-0.39, 0.29) is 5.56 Å². The van der Waals surface area contributed by atoms with Gasteiger partial charge in [0.1, 0.15) is 0 Å². The SMILES string of the molecule is CN=CC(=CN)c1ncc2c(=O)n(C)ccc2n1. The van der Waals surface area contributed by atoms with Crippen LogP contribution in [0.3, 0.4) is 0 Å². The van der Waals surface area contributed by atoms with Gasteiger partial charge in [-0.15, -0.1) is 0 Å². The number of hydrogen-bond acceptors (Lipinski definition) is 5. The molecule has 2 heterocycles. The topological polar surface area (TPSA) is 86.2 Å². The fourth-order valence-electron chi connectivity index (χ4n) is 1.58. The maximum Gasteiger partial charge on any atom is 0.261 e. The van der Waals surface area contributed by atoms with E-state index in [1.54, 1.807) is 32.6 Å². The van der Waals surface area contributed by atoms with Gasteiger partial charge in [-0.25, -0.2) is 9.97 Å². The Hall–Kier alpha value is -2.50. The third-order valence-electron chi connectivity index (χ3n) is 2.53. The number of aliphatic imine (C=N–C) groups is 1. The predicted molar refractivity (Wildman–Crippen MR) is 71.4 cm³/mol. The molecule has 0 radical (unpaired) electrons. The van der Waals surface area contributed by atoms with Gasteiger partial charge in [-0.3, -0.25) is 9.79 Å². The number of fused-ring (bicyclic) bond motifs is 1. The number of nitrogens with two attached hydrogens (primary N) is 1. The molecule has 2 N–H and O–H groups in total. The summed E-state index contributed by atoms with van der Waals surface area (Å²) in [5.41, 5.74) is 6.57. The molecule has 0 aliphatic carbocycles. The van der Waals surface area contributed by atoms with E-state index >= 15 is 0 Å². The normalized spacial score (nSPS) is 12.4. The van der Waals surface area contributed by atoms with Crippen LogP contribution in [0.25, 0.3) is 16.5 Å². The molecule has 2 aromatic rings. The first-order valence-electron chi connectivity index (χ1n) is 5.34. The Morgan fingerprint density at radius 1 is 1.56 bits per heavy atom. The lowest BCUT2D eigenvalue weighted by molar-refractivity contribution is 0.870. The minimum Gasteiger partial charge on any atom is -0.404 e. The van der Waals surface area contributed by atoms with E-state index in [1.807, 2.05) is 0 Å². The van der Waals surface area contributed by atoms with Crippen molar-refractivity contribution in [3.63, 3.8) is 0 Å². The van der Waals surface area contributed by atoms with Crippen LogP contribution in [0.4, 0.5) is 0 Å². The summed E-state index contributed by atoms with van der Waals surface area (Å²) in [5.74, 6) is 0.448. The maximum atomic E-state index is 11.8. The van der Waals surface area contributed by atoms with Crippen LogP contribution in [0.15, 0.2) is 34.4 Å². The number of pyridine rings is 1. The molecule has 0 unspecified atom stereocenters. The molecule has 0 bridgehead atoms. The molecule has 6 nitrogen and oxygen atoms in total. The van der Waals surface area contributed by atoms with Crippen molar-refractivity contribution >= 4 is 22.7 Å². The molecule has 0 fully saturated rings. The Morgan fingerprint density at radius 2 is 2.33 bits per heavy atom. The summed E-state index contributed by atoms with van der Waals surface area (Å²) in [6.45, 7) is 0. The molecule has 0 aliphatic rings. The van der Waals surface area contributed by atoms with Crippen LogP contribution in [-0.4, -0.2) is 27.8 Å². The minimum atomic E-state index is -0.124. The summed E-state index contributed by atoms with van der Waals surface area (Å²) in [5, 5.41) is 0.480. The second kappa shape index (κ2) is 4.79. The highest BCUT2D eigenvalue weighted by molar-refractivity contribution is 6.08. The first-order chi connectivity index (χ1) is 8.67. The Morgan fingerprint density at radius 3 is 3.00 bits per heavy atom. The van der Waals surface area contributed by atoms with E-state index in [0.29, 0.717) is 22.3 Å². The molecule has 0 spiro atoms. The van der Waals surface area contributed by atoms with Crippen molar-refractivity contribution in [2.45, 2.75) is 0 Å². The second-order valence-electron chi connectivity index (χ2n) is 3.73. The smallest absolute Gasteiger partial charge is 0.261 e. The van der Waals surface area contributed by atoms with E-state index in [4.69, 9.17) is 5.73 Å². The quantitative estimate of drug-likeness (QED) is 0.770. The number of aryl methyl sites for hydroxylation is 1. The standard InChI is InChI=1S/C12H13N5O/c1-14-6-8(5-13)11-15-7-9-10(16-11)3-4-17(2)12(9)18/h3-7H,13H2,1-2H3. The van der Waals surface area contributed by atoms with E-state index in [9.17, 15) is 4.79 Å². The van der Waals surface area contributed by atoms with Gasteiger partial charge in [0, 0.05) is 38.9 Å².